The minimum Gasteiger partial charge on any atom is -0.236 e. The number of halogens is 2. The van der Waals surface area contributed by atoms with Gasteiger partial charge >= 0.3 is 0 Å². The second kappa shape index (κ2) is 11.3. The molecule has 31 heavy (non-hydrogen) atoms. The Morgan fingerprint density at radius 1 is 0.774 bits per heavy atom. The third kappa shape index (κ3) is 6.18. The predicted octanol–water partition coefficient (Wildman–Crippen LogP) is 7.25. The van der Waals surface area contributed by atoms with E-state index in [9.17, 15) is 8.78 Å². The van der Waals surface area contributed by atoms with E-state index >= 15 is 0 Å². The highest BCUT2D eigenvalue weighted by atomic mass is 19.1. The average Bonchev–Trinajstić information content (AvgIpc) is 2.79. The first-order valence-electron chi connectivity index (χ1n) is 10.9. The van der Waals surface area contributed by atoms with Crippen molar-refractivity contribution in [1.82, 2.24) is 9.97 Å². The Labute approximate surface area is 182 Å². The van der Waals surface area contributed by atoms with E-state index < -0.39 is 17.2 Å². The maximum atomic E-state index is 13.8. The van der Waals surface area contributed by atoms with Crippen LogP contribution < -0.4 is 0 Å². The molecule has 2 aromatic carbocycles. The summed E-state index contributed by atoms with van der Waals surface area (Å²) in [4.78, 5) is 8.50. The van der Waals surface area contributed by atoms with E-state index in [0.717, 1.165) is 29.7 Å². The molecule has 1 heterocycles. The normalized spacial score (nSPS) is 10.8. The predicted molar refractivity (Wildman–Crippen MR) is 119 cm³/mol. The molecule has 3 aromatic rings. The van der Waals surface area contributed by atoms with Crippen molar-refractivity contribution in [3.8, 4) is 28.6 Å². The van der Waals surface area contributed by atoms with Gasteiger partial charge in [0.25, 0.3) is 0 Å². The lowest BCUT2D eigenvalue weighted by Crippen LogP contribution is -1.95. The zero-order valence-electron chi connectivity index (χ0n) is 17.9. The van der Waals surface area contributed by atoms with Crippen molar-refractivity contribution in [3.63, 3.8) is 0 Å². The molecule has 3 nitrogen and oxygen atoms in total. The van der Waals surface area contributed by atoms with Crippen LogP contribution in [-0.2, 0) is 6.42 Å². The molecule has 160 valence electrons. The number of aryl methyl sites for hydroxylation is 1. The van der Waals surface area contributed by atoms with E-state index in [2.05, 4.69) is 41.2 Å². The number of nitrogens with zero attached hydrogens (tertiary/aromatic N) is 3. The van der Waals surface area contributed by atoms with Crippen LogP contribution in [0.3, 0.4) is 0 Å². The third-order valence-electron chi connectivity index (χ3n) is 5.42. The van der Waals surface area contributed by atoms with E-state index in [-0.39, 0.29) is 11.4 Å². The van der Waals surface area contributed by atoms with Crippen LogP contribution in [-0.4, -0.2) is 9.97 Å². The van der Waals surface area contributed by atoms with Crippen LogP contribution in [0.1, 0.15) is 63.0 Å². The molecule has 0 atom stereocenters. The topological polar surface area (TPSA) is 49.6 Å². The van der Waals surface area contributed by atoms with Crippen molar-refractivity contribution >= 4 is 0 Å². The van der Waals surface area contributed by atoms with Gasteiger partial charge in [0, 0.05) is 23.5 Å². The highest BCUT2D eigenvalue weighted by molar-refractivity contribution is 5.64. The molecule has 1 aromatic heterocycles. The Kier molecular flexibility index (Phi) is 8.23. The van der Waals surface area contributed by atoms with Gasteiger partial charge in [0.05, 0.1) is 0 Å². The van der Waals surface area contributed by atoms with Crippen LogP contribution in [0.5, 0.6) is 0 Å². The Morgan fingerprint density at radius 2 is 1.35 bits per heavy atom. The standard InChI is InChI=1S/C26H27F2N3/c1-2-3-4-5-6-7-8-9-19-10-12-20(13-11-19)22-17-30-26(31-18-22)21-14-24(27)23(16-29)25(28)15-21/h10-15,17-18H,2-9H2,1H3. The van der Waals surface area contributed by atoms with Gasteiger partial charge < -0.3 is 0 Å². The fourth-order valence-electron chi connectivity index (χ4n) is 3.59. The van der Waals surface area contributed by atoms with Crippen LogP contribution in [0, 0.1) is 23.0 Å². The largest absolute Gasteiger partial charge is 0.236 e. The number of unbranched alkanes of at least 4 members (excludes halogenated alkanes) is 6. The molecule has 0 saturated heterocycles. The minimum atomic E-state index is -0.915. The molecule has 5 heteroatoms. The molecule has 0 spiro atoms. The molecule has 0 amide bonds. The summed E-state index contributed by atoms with van der Waals surface area (Å²) in [5.41, 5.74) is 2.74. The summed E-state index contributed by atoms with van der Waals surface area (Å²) in [5, 5.41) is 8.78. The first kappa shape index (κ1) is 22.6. The SMILES string of the molecule is CCCCCCCCCc1ccc(-c2cnc(-c3cc(F)c(C#N)c(F)c3)nc2)cc1. The molecule has 0 radical (unpaired) electrons. The monoisotopic (exact) mass is 419 g/mol. The summed E-state index contributed by atoms with van der Waals surface area (Å²) in [6.45, 7) is 2.24. The molecule has 0 unspecified atom stereocenters. The molecule has 0 fully saturated rings. The quantitative estimate of drug-likeness (QED) is 0.325. The van der Waals surface area contributed by atoms with Crippen LogP contribution in [0.15, 0.2) is 48.8 Å². The first-order chi connectivity index (χ1) is 15.1. The molecular formula is C26H27F2N3. The maximum Gasteiger partial charge on any atom is 0.159 e. The summed E-state index contributed by atoms with van der Waals surface area (Å²) in [5.74, 6) is -1.62. The van der Waals surface area contributed by atoms with Crippen LogP contribution in [0.4, 0.5) is 8.78 Å². The number of hydrogen-bond acceptors (Lipinski definition) is 3. The van der Waals surface area contributed by atoms with E-state index in [4.69, 9.17) is 5.26 Å². The molecule has 0 bridgehead atoms. The Bertz CT molecular complexity index is 999. The van der Waals surface area contributed by atoms with Gasteiger partial charge in [0.1, 0.15) is 23.3 Å². The summed E-state index contributed by atoms with van der Waals surface area (Å²) < 4.78 is 27.7. The van der Waals surface area contributed by atoms with E-state index in [1.165, 1.54) is 56.6 Å². The van der Waals surface area contributed by atoms with E-state index in [1.54, 1.807) is 12.4 Å². The number of nitriles is 1. The first-order valence-corrected chi connectivity index (χ1v) is 10.9. The van der Waals surface area contributed by atoms with E-state index in [1.807, 2.05) is 0 Å². The van der Waals surface area contributed by atoms with Gasteiger partial charge in [-0.3, -0.25) is 0 Å². The Hall–Kier alpha value is -3.13. The Morgan fingerprint density at radius 3 is 1.94 bits per heavy atom. The number of rotatable bonds is 10. The van der Waals surface area contributed by atoms with Gasteiger partial charge in [0.15, 0.2) is 5.82 Å². The smallest absolute Gasteiger partial charge is 0.159 e. The average molecular weight is 420 g/mol. The van der Waals surface area contributed by atoms with Crippen LogP contribution >= 0.6 is 0 Å². The lowest BCUT2D eigenvalue weighted by atomic mass is 10.0. The van der Waals surface area contributed by atoms with Crippen LogP contribution in [0.25, 0.3) is 22.5 Å². The van der Waals surface area contributed by atoms with Crippen molar-refractivity contribution in [2.75, 3.05) is 0 Å². The van der Waals surface area contributed by atoms with Crippen molar-refractivity contribution < 1.29 is 8.78 Å². The van der Waals surface area contributed by atoms with Crippen molar-refractivity contribution in [2.45, 2.75) is 58.3 Å². The molecule has 0 aliphatic rings. The highest BCUT2D eigenvalue weighted by Crippen LogP contribution is 2.24. The Balaban J connectivity index is 1.58. The zero-order chi connectivity index (χ0) is 22.1. The van der Waals surface area contributed by atoms with Crippen molar-refractivity contribution in [3.05, 3.63) is 71.6 Å². The van der Waals surface area contributed by atoms with Gasteiger partial charge in [-0.05, 0) is 36.1 Å². The summed E-state index contributed by atoms with van der Waals surface area (Å²) in [7, 11) is 0. The molecule has 0 saturated carbocycles. The third-order valence-corrected chi connectivity index (χ3v) is 5.42. The van der Waals surface area contributed by atoms with Crippen molar-refractivity contribution in [2.24, 2.45) is 0 Å². The molecule has 0 aliphatic heterocycles. The number of benzene rings is 2. The lowest BCUT2D eigenvalue weighted by Gasteiger charge is -2.06. The van der Waals surface area contributed by atoms with Gasteiger partial charge in [-0.25, -0.2) is 18.7 Å². The number of aromatic nitrogens is 2. The summed E-state index contributed by atoms with van der Waals surface area (Å²) in [6.07, 6.45) is 13.5. The zero-order valence-corrected chi connectivity index (χ0v) is 17.9. The minimum absolute atomic E-state index is 0.200. The molecule has 0 aliphatic carbocycles. The number of hydrogen-bond donors (Lipinski definition) is 0. The van der Waals surface area contributed by atoms with Gasteiger partial charge in [-0.1, -0.05) is 69.7 Å². The second-order valence-electron chi connectivity index (χ2n) is 7.79. The van der Waals surface area contributed by atoms with E-state index in [0.29, 0.717) is 0 Å². The second-order valence-corrected chi connectivity index (χ2v) is 7.79. The fraction of sp³-hybridized carbons (Fsp3) is 0.346. The maximum absolute atomic E-state index is 13.8. The molecule has 3 rings (SSSR count). The summed E-state index contributed by atoms with van der Waals surface area (Å²) >= 11 is 0. The van der Waals surface area contributed by atoms with Gasteiger partial charge in [-0.15, -0.1) is 0 Å². The highest BCUT2D eigenvalue weighted by Gasteiger charge is 2.13. The summed E-state index contributed by atoms with van der Waals surface area (Å²) in [6, 6.07) is 12.0. The molecule has 0 N–H and O–H groups in total. The van der Waals surface area contributed by atoms with Gasteiger partial charge in [0.2, 0.25) is 0 Å². The van der Waals surface area contributed by atoms with Crippen LogP contribution in [0.2, 0.25) is 0 Å². The lowest BCUT2D eigenvalue weighted by molar-refractivity contribution is 0.577. The fourth-order valence-corrected chi connectivity index (χ4v) is 3.59. The molecular weight excluding hydrogens is 392 g/mol. The van der Waals surface area contributed by atoms with Crippen molar-refractivity contribution in [1.29, 1.82) is 5.26 Å². The van der Waals surface area contributed by atoms with Gasteiger partial charge in [-0.2, -0.15) is 5.26 Å².